The standard InChI is InChI=1S/C28H16Cl2O2/c29-25(31)27(21-13-5-1-9-17(21)18-10-2-6-14-22(18)27)28(26(30)32)23-15-7-3-11-19(23)20-12-4-8-16-24(20)28/h1-16H. The fourth-order valence-corrected chi connectivity index (χ4v) is 6.69. The zero-order valence-electron chi connectivity index (χ0n) is 16.8. The number of hydrogen-bond acceptors (Lipinski definition) is 2. The van der Waals surface area contributed by atoms with Crippen LogP contribution in [-0.2, 0) is 20.4 Å². The fourth-order valence-electron chi connectivity index (χ4n) is 6.00. The van der Waals surface area contributed by atoms with Crippen molar-refractivity contribution in [2.45, 2.75) is 10.8 Å². The molecule has 0 bridgehead atoms. The lowest BCUT2D eigenvalue weighted by Gasteiger charge is -2.44. The molecule has 0 N–H and O–H groups in total. The minimum atomic E-state index is -1.51. The number of fused-ring (bicyclic) bond motifs is 6. The van der Waals surface area contributed by atoms with Crippen molar-refractivity contribution in [2.24, 2.45) is 0 Å². The van der Waals surface area contributed by atoms with Gasteiger partial charge in [-0.3, -0.25) is 9.59 Å². The van der Waals surface area contributed by atoms with Crippen LogP contribution < -0.4 is 0 Å². The predicted octanol–water partition coefficient (Wildman–Crippen LogP) is 6.45. The van der Waals surface area contributed by atoms with E-state index in [9.17, 15) is 9.59 Å². The number of carbonyl (C=O) groups is 2. The van der Waals surface area contributed by atoms with E-state index in [2.05, 4.69) is 0 Å². The van der Waals surface area contributed by atoms with Crippen molar-refractivity contribution in [3.05, 3.63) is 119 Å². The Labute approximate surface area is 195 Å². The van der Waals surface area contributed by atoms with E-state index in [0.29, 0.717) is 22.3 Å². The molecule has 2 nitrogen and oxygen atoms in total. The van der Waals surface area contributed by atoms with E-state index in [1.54, 1.807) is 0 Å². The Morgan fingerprint density at radius 1 is 0.438 bits per heavy atom. The highest BCUT2D eigenvalue weighted by Crippen LogP contribution is 2.66. The molecule has 0 unspecified atom stereocenters. The largest absolute Gasteiger partial charge is 0.280 e. The van der Waals surface area contributed by atoms with E-state index in [-0.39, 0.29) is 0 Å². The van der Waals surface area contributed by atoms with Crippen LogP contribution >= 0.6 is 23.2 Å². The molecular formula is C28H16Cl2O2. The van der Waals surface area contributed by atoms with Crippen LogP contribution in [0.4, 0.5) is 0 Å². The van der Waals surface area contributed by atoms with Gasteiger partial charge in [0.1, 0.15) is 10.8 Å². The SMILES string of the molecule is O=C(Cl)C1(C2(C(=O)Cl)c3ccccc3-c3ccccc32)c2ccccc2-c2ccccc21. The molecule has 4 aromatic rings. The highest BCUT2D eigenvalue weighted by Gasteiger charge is 2.69. The molecule has 0 aliphatic heterocycles. The Bertz CT molecular complexity index is 1250. The second-order valence-electron chi connectivity index (χ2n) is 8.23. The maximum absolute atomic E-state index is 13.8. The molecule has 4 aromatic carbocycles. The van der Waals surface area contributed by atoms with Gasteiger partial charge in [-0.2, -0.15) is 0 Å². The molecule has 154 valence electrons. The van der Waals surface area contributed by atoms with Gasteiger partial charge in [0.2, 0.25) is 10.5 Å². The normalized spacial score (nSPS) is 15.9. The predicted molar refractivity (Wildman–Crippen MR) is 127 cm³/mol. The number of benzene rings is 4. The molecule has 0 saturated carbocycles. The van der Waals surface area contributed by atoms with E-state index in [0.717, 1.165) is 22.3 Å². The first kappa shape index (κ1) is 19.5. The minimum absolute atomic E-state index is 0.629. The molecule has 0 saturated heterocycles. The fraction of sp³-hybridized carbons (Fsp3) is 0.0714. The molecule has 4 heteroatoms. The van der Waals surface area contributed by atoms with E-state index in [4.69, 9.17) is 23.2 Å². The van der Waals surface area contributed by atoms with Gasteiger partial charge >= 0.3 is 0 Å². The first-order valence-electron chi connectivity index (χ1n) is 10.3. The summed E-state index contributed by atoms with van der Waals surface area (Å²) in [5.74, 6) is 0. The van der Waals surface area contributed by atoms with Gasteiger partial charge in [0.25, 0.3) is 0 Å². The Morgan fingerprint density at radius 3 is 0.875 bits per heavy atom. The van der Waals surface area contributed by atoms with Crippen LogP contribution in [0.3, 0.4) is 0 Å². The minimum Gasteiger partial charge on any atom is -0.280 e. The average molecular weight is 455 g/mol. The lowest BCUT2D eigenvalue weighted by Crippen LogP contribution is -2.56. The Hall–Kier alpha value is -3.20. The first-order valence-corrected chi connectivity index (χ1v) is 11.1. The number of hydrogen-bond donors (Lipinski definition) is 0. The summed E-state index contributed by atoms with van der Waals surface area (Å²) in [6.45, 7) is 0. The zero-order valence-corrected chi connectivity index (χ0v) is 18.3. The molecule has 0 aromatic heterocycles. The molecule has 0 radical (unpaired) electrons. The van der Waals surface area contributed by atoms with Crippen molar-refractivity contribution in [1.29, 1.82) is 0 Å². The molecule has 2 aliphatic rings. The van der Waals surface area contributed by atoms with Crippen molar-refractivity contribution >= 4 is 33.7 Å². The van der Waals surface area contributed by atoms with E-state index in [1.807, 2.05) is 97.1 Å². The second kappa shape index (κ2) is 6.65. The zero-order chi connectivity index (χ0) is 22.1. The molecular weight excluding hydrogens is 439 g/mol. The van der Waals surface area contributed by atoms with E-state index < -0.39 is 21.3 Å². The molecule has 6 rings (SSSR count). The maximum Gasteiger partial charge on any atom is 0.238 e. The van der Waals surface area contributed by atoms with Gasteiger partial charge in [-0.05, 0) is 67.7 Å². The quantitative estimate of drug-likeness (QED) is 0.333. The number of carbonyl (C=O) groups excluding carboxylic acids is 2. The van der Waals surface area contributed by atoms with Crippen molar-refractivity contribution in [1.82, 2.24) is 0 Å². The van der Waals surface area contributed by atoms with Gasteiger partial charge in [-0.15, -0.1) is 0 Å². The van der Waals surface area contributed by atoms with Crippen LogP contribution in [-0.4, -0.2) is 10.5 Å². The summed E-state index contributed by atoms with van der Waals surface area (Å²) in [6, 6.07) is 30.6. The molecule has 0 heterocycles. The van der Waals surface area contributed by atoms with Gasteiger partial charge < -0.3 is 0 Å². The third-order valence-electron chi connectivity index (χ3n) is 7.06. The van der Waals surface area contributed by atoms with Gasteiger partial charge in [0.15, 0.2) is 0 Å². The van der Waals surface area contributed by atoms with Crippen LogP contribution in [0.2, 0.25) is 0 Å². The second-order valence-corrected chi connectivity index (χ2v) is 8.92. The Kier molecular flexibility index (Phi) is 4.05. The summed E-state index contributed by atoms with van der Waals surface area (Å²) in [4.78, 5) is 27.5. The highest BCUT2D eigenvalue weighted by molar-refractivity contribution is 6.70. The van der Waals surface area contributed by atoms with E-state index in [1.165, 1.54) is 0 Å². The van der Waals surface area contributed by atoms with Gasteiger partial charge in [-0.25, -0.2) is 0 Å². The van der Waals surface area contributed by atoms with E-state index >= 15 is 0 Å². The van der Waals surface area contributed by atoms with Crippen molar-refractivity contribution in [2.75, 3.05) is 0 Å². The van der Waals surface area contributed by atoms with Gasteiger partial charge in [0.05, 0.1) is 0 Å². The third kappa shape index (κ3) is 2.03. The van der Waals surface area contributed by atoms with Crippen LogP contribution in [0, 0.1) is 0 Å². The van der Waals surface area contributed by atoms with Crippen molar-refractivity contribution in [3.63, 3.8) is 0 Å². The summed E-state index contributed by atoms with van der Waals surface area (Å²) in [6.07, 6.45) is 0. The topological polar surface area (TPSA) is 34.1 Å². The maximum atomic E-state index is 13.8. The Morgan fingerprint density at radius 2 is 0.656 bits per heavy atom. The summed E-state index contributed by atoms with van der Waals surface area (Å²) in [5.41, 5.74) is 3.30. The molecule has 0 fully saturated rings. The molecule has 0 spiro atoms. The molecule has 0 atom stereocenters. The molecule has 2 aliphatic carbocycles. The van der Waals surface area contributed by atoms with Crippen LogP contribution in [0.15, 0.2) is 97.1 Å². The monoisotopic (exact) mass is 454 g/mol. The van der Waals surface area contributed by atoms with Gasteiger partial charge in [0, 0.05) is 0 Å². The van der Waals surface area contributed by atoms with Crippen LogP contribution in [0.1, 0.15) is 22.3 Å². The summed E-state index contributed by atoms with van der Waals surface area (Å²) >= 11 is 13.2. The van der Waals surface area contributed by atoms with Crippen molar-refractivity contribution < 1.29 is 9.59 Å². The smallest absolute Gasteiger partial charge is 0.238 e. The summed E-state index contributed by atoms with van der Waals surface area (Å²) < 4.78 is 0. The highest BCUT2D eigenvalue weighted by atomic mass is 35.5. The number of halogens is 2. The average Bonchev–Trinajstić information content (AvgIpc) is 3.29. The molecule has 32 heavy (non-hydrogen) atoms. The molecule has 0 amide bonds. The lowest BCUT2D eigenvalue weighted by molar-refractivity contribution is -0.124. The first-order chi connectivity index (χ1) is 15.6. The Balaban J connectivity index is 1.90. The third-order valence-corrected chi connectivity index (χ3v) is 7.62. The lowest BCUT2D eigenvalue weighted by atomic mass is 9.55. The summed E-state index contributed by atoms with van der Waals surface area (Å²) in [5, 5.41) is -1.26. The van der Waals surface area contributed by atoms with Crippen LogP contribution in [0.5, 0.6) is 0 Å². The van der Waals surface area contributed by atoms with Gasteiger partial charge in [-0.1, -0.05) is 97.1 Å². The number of rotatable bonds is 3. The summed E-state index contributed by atoms with van der Waals surface area (Å²) in [7, 11) is 0. The van der Waals surface area contributed by atoms with Crippen LogP contribution in [0.25, 0.3) is 22.3 Å². The van der Waals surface area contributed by atoms with Crippen molar-refractivity contribution in [3.8, 4) is 22.3 Å².